The number of ether oxygens (including phenoxy) is 6. The average Bonchev–Trinajstić information content (AvgIpc) is 3.49. The van der Waals surface area contributed by atoms with Crippen LogP contribution < -0.4 is 5.73 Å². The third kappa shape index (κ3) is 28.9. The maximum atomic E-state index is 12.5. The largest absolute Gasteiger partial charge is 0.472 e. The first-order valence-corrected chi connectivity index (χ1v) is 25.9. The van der Waals surface area contributed by atoms with E-state index in [1.54, 1.807) is 6.08 Å². The van der Waals surface area contributed by atoms with E-state index in [0.717, 1.165) is 64.2 Å². The molecule has 2 saturated heterocycles. The van der Waals surface area contributed by atoms with Gasteiger partial charge in [-0.1, -0.05) is 83.1 Å². The topological polar surface area (TPSA) is 252 Å². The molecule has 1 unspecified atom stereocenters. The first-order valence-electron chi connectivity index (χ1n) is 23.1. The number of hydrogen-bond acceptors (Lipinski definition) is 16. The molecule has 374 valence electrons. The molecule has 21 heteroatoms. The molecule has 2 rings (SSSR count). The van der Waals surface area contributed by atoms with E-state index in [1.165, 1.54) is 64.9 Å². The highest BCUT2D eigenvalue weighted by atomic mass is 32.3. The normalized spacial score (nSPS) is 22.0. The molecule has 2 aliphatic rings. The van der Waals surface area contributed by atoms with Crippen LogP contribution in [0.1, 0.15) is 142 Å². The fourth-order valence-electron chi connectivity index (χ4n) is 7.42. The minimum absolute atomic E-state index is 0.0228. The van der Waals surface area contributed by atoms with Gasteiger partial charge < -0.3 is 43.5 Å². The number of phosphoric ester groups is 1. The van der Waals surface area contributed by atoms with Crippen molar-refractivity contribution in [1.29, 1.82) is 0 Å². The van der Waals surface area contributed by atoms with Crippen LogP contribution in [0.25, 0.3) is 0 Å². The fraction of sp³-hybridized carbons (Fsp3) is 0.884. The first kappa shape index (κ1) is 58.1. The first-order chi connectivity index (χ1) is 30.2. The summed E-state index contributed by atoms with van der Waals surface area (Å²) in [5.74, 6) is -2.28. The molecule has 0 aliphatic carbocycles. The Morgan fingerprint density at radius 3 is 2.06 bits per heavy atom. The summed E-state index contributed by atoms with van der Waals surface area (Å²) in [6, 6.07) is -0.614. The molecule has 2 fully saturated rings. The number of allylic oxidation sites excluding steroid dienone is 1. The summed E-state index contributed by atoms with van der Waals surface area (Å²) in [5, 5.41) is 0. The summed E-state index contributed by atoms with van der Waals surface area (Å²) in [4.78, 5) is 45.8. The van der Waals surface area contributed by atoms with Gasteiger partial charge in [-0.3, -0.25) is 23.2 Å². The number of fused-ring (bicyclic) bond motifs is 2. The van der Waals surface area contributed by atoms with Gasteiger partial charge in [-0.2, -0.15) is 8.42 Å². The number of nitrogens with two attached hydrogens (primary N) is 1. The Morgan fingerprint density at radius 1 is 0.828 bits per heavy atom. The van der Waals surface area contributed by atoms with E-state index in [2.05, 4.69) is 4.18 Å². The monoisotopic (exact) mass is 959 g/mol. The molecule has 0 radical (unpaired) electrons. The molecule has 0 aromatic heterocycles. The highest BCUT2D eigenvalue weighted by molar-refractivity contribution is 7.80. The average molecular weight is 960 g/mol. The SMILES string of the molecule is CC(=O)OC[C@H](COP(=O)(O)OCC[N+](C)(C)C)OC(=O)/C=C/CCCCC[C@H]1O[C@]2(CCCCCCCCCCCCCCOC[C@@H](N)COS(=O)(=O)O)CC[C@@H](OC(C)=O)[C@@H]1O2. The predicted octanol–water partition coefficient (Wildman–Crippen LogP) is 6.25. The second-order valence-electron chi connectivity index (χ2n) is 17.9. The molecule has 19 nitrogen and oxygen atoms in total. The summed E-state index contributed by atoms with van der Waals surface area (Å²) in [5.41, 5.74) is 5.69. The third-order valence-electron chi connectivity index (χ3n) is 10.7. The van der Waals surface area contributed by atoms with E-state index in [0.29, 0.717) is 36.9 Å². The number of quaternary nitrogens is 1. The van der Waals surface area contributed by atoms with Crippen molar-refractivity contribution in [2.24, 2.45) is 5.73 Å². The smallest absolute Gasteiger partial charge is 0.462 e. The molecule has 0 spiro atoms. The van der Waals surface area contributed by atoms with Gasteiger partial charge in [0.1, 0.15) is 32.0 Å². The Labute approximate surface area is 381 Å². The van der Waals surface area contributed by atoms with Crippen LogP contribution in [0.2, 0.25) is 0 Å². The van der Waals surface area contributed by atoms with Crippen LogP contribution in [-0.4, -0.2) is 144 Å². The fourth-order valence-corrected chi connectivity index (χ4v) is 8.51. The van der Waals surface area contributed by atoms with Gasteiger partial charge in [-0.15, -0.1) is 0 Å². The minimum atomic E-state index is -4.48. The van der Waals surface area contributed by atoms with Gasteiger partial charge >= 0.3 is 36.1 Å². The molecule has 0 saturated carbocycles. The predicted molar refractivity (Wildman–Crippen MR) is 237 cm³/mol. The second-order valence-corrected chi connectivity index (χ2v) is 20.4. The van der Waals surface area contributed by atoms with Crippen LogP contribution in [-0.2, 0) is 71.0 Å². The van der Waals surface area contributed by atoms with Crippen molar-refractivity contribution in [3.05, 3.63) is 12.2 Å². The number of phosphoric acid groups is 1. The lowest BCUT2D eigenvalue weighted by molar-refractivity contribution is -0.870. The van der Waals surface area contributed by atoms with Crippen molar-refractivity contribution in [3.63, 3.8) is 0 Å². The van der Waals surface area contributed by atoms with Gasteiger partial charge in [0.25, 0.3) is 0 Å². The Hall–Kier alpha value is -2.07. The third-order valence-corrected chi connectivity index (χ3v) is 12.2. The molecule has 64 heavy (non-hydrogen) atoms. The maximum Gasteiger partial charge on any atom is 0.472 e. The molecule has 2 heterocycles. The molecule has 7 atom stereocenters. The molecular formula is C43H80N2O17PS+. The molecule has 0 aromatic carbocycles. The maximum absolute atomic E-state index is 12.5. The van der Waals surface area contributed by atoms with Gasteiger partial charge in [0.05, 0.1) is 53.1 Å². The van der Waals surface area contributed by atoms with Gasteiger partial charge in [0.2, 0.25) is 0 Å². The van der Waals surface area contributed by atoms with Crippen LogP contribution in [0.4, 0.5) is 0 Å². The number of esters is 3. The highest BCUT2D eigenvalue weighted by Crippen LogP contribution is 2.46. The van der Waals surface area contributed by atoms with Crippen molar-refractivity contribution in [3.8, 4) is 0 Å². The summed E-state index contributed by atoms with van der Waals surface area (Å²) in [6.45, 7) is 2.61. The number of likely N-dealkylation sites (N-methyl/N-ethyl adjacent to an activating group) is 1. The zero-order valence-corrected chi connectivity index (χ0v) is 40.7. The Balaban J connectivity index is 1.62. The summed E-state index contributed by atoms with van der Waals surface area (Å²) < 4.78 is 91.3. The van der Waals surface area contributed by atoms with Gasteiger partial charge in [-0.05, 0) is 38.5 Å². The standard InChI is InChI=1S/C43H79N2O17PS/c1-35(46)55-33-38(34-57-63(49,50)56-30-28-45(3,4)5)60-41(48)24-20-16-14-15-19-23-40-42-39(59-36(2)47)25-27-43(61-40,62-42)26-21-17-12-10-8-6-7-9-11-13-18-22-29-54-31-37(44)32-58-64(51,52)53/h20,24,37-40,42H,6-19,21-23,25-34,44H2,1-5H3,(H-,49,50,51,52,53)/p+1/b24-20+/t37-,38-,39-,40-,42+,43+/m1/s1. The molecule has 2 bridgehead atoms. The Bertz CT molecular complexity index is 1530. The van der Waals surface area contributed by atoms with E-state index < -0.39 is 54.7 Å². The number of nitrogens with zero attached hydrogens (tertiary/aromatic N) is 1. The zero-order valence-electron chi connectivity index (χ0n) is 39.0. The van der Waals surface area contributed by atoms with Gasteiger partial charge in [0, 0.05) is 39.4 Å². The molecule has 4 N–H and O–H groups in total. The van der Waals surface area contributed by atoms with E-state index in [9.17, 15) is 32.3 Å². The van der Waals surface area contributed by atoms with Crippen LogP contribution >= 0.6 is 7.82 Å². The number of carbonyl (C=O) groups is 3. The lowest BCUT2D eigenvalue weighted by Gasteiger charge is -2.35. The number of rotatable bonds is 38. The van der Waals surface area contributed by atoms with Gasteiger partial charge in [-0.25, -0.2) is 13.5 Å². The quantitative estimate of drug-likeness (QED) is 0.0118. The minimum Gasteiger partial charge on any atom is -0.462 e. The van der Waals surface area contributed by atoms with E-state index >= 15 is 0 Å². The summed E-state index contributed by atoms with van der Waals surface area (Å²) in [6.07, 6.45) is 20.8. The van der Waals surface area contributed by atoms with Crippen LogP contribution in [0, 0.1) is 0 Å². The lowest BCUT2D eigenvalue weighted by Crippen LogP contribution is -2.43. The number of carbonyl (C=O) groups excluding carboxylic acids is 3. The summed E-state index contributed by atoms with van der Waals surface area (Å²) in [7, 11) is -3.19. The van der Waals surface area contributed by atoms with Crippen molar-refractivity contribution in [2.75, 3.05) is 67.3 Å². The van der Waals surface area contributed by atoms with Crippen LogP contribution in [0.3, 0.4) is 0 Å². The molecule has 2 aliphatic heterocycles. The van der Waals surface area contributed by atoms with E-state index in [1.807, 2.05) is 21.1 Å². The second kappa shape index (κ2) is 31.1. The molecule has 0 aromatic rings. The molecule has 0 amide bonds. The van der Waals surface area contributed by atoms with Gasteiger partial charge in [0.15, 0.2) is 11.9 Å². The lowest BCUT2D eigenvalue weighted by atomic mass is 9.94. The van der Waals surface area contributed by atoms with Crippen molar-refractivity contribution in [1.82, 2.24) is 0 Å². The highest BCUT2D eigenvalue weighted by Gasteiger charge is 2.54. The zero-order chi connectivity index (χ0) is 47.5. The van der Waals surface area contributed by atoms with E-state index in [-0.39, 0.29) is 50.7 Å². The van der Waals surface area contributed by atoms with Crippen molar-refractivity contribution < 1.29 is 82.9 Å². The van der Waals surface area contributed by atoms with Crippen molar-refractivity contribution in [2.45, 2.75) is 179 Å². The number of hydrogen-bond donors (Lipinski definition) is 3. The van der Waals surface area contributed by atoms with E-state index in [4.69, 9.17) is 47.8 Å². The Morgan fingerprint density at radius 2 is 1.45 bits per heavy atom. The van der Waals surface area contributed by atoms with Crippen LogP contribution in [0.15, 0.2) is 12.2 Å². The van der Waals surface area contributed by atoms with Crippen LogP contribution in [0.5, 0.6) is 0 Å². The molecular weight excluding hydrogens is 880 g/mol. The van der Waals surface area contributed by atoms with Crippen molar-refractivity contribution >= 4 is 36.1 Å². The Kier molecular flexibility index (Phi) is 28.2. The number of unbranched alkanes of at least 4 members (excludes halogenated alkanes) is 14. The summed E-state index contributed by atoms with van der Waals surface area (Å²) >= 11 is 0.